The second-order valence-electron chi connectivity index (χ2n) is 2.78. The predicted octanol–water partition coefficient (Wildman–Crippen LogP) is -0.568. The van der Waals surface area contributed by atoms with Gasteiger partial charge in [-0.1, -0.05) is 6.07 Å². The van der Waals surface area contributed by atoms with Crippen LogP contribution < -0.4 is 0 Å². The molecule has 0 amide bonds. The summed E-state index contributed by atoms with van der Waals surface area (Å²) in [6, 6.07) is 4.47. The molecule has 1 aromatic rings. The standard InChI is InChI=1S/C9H8N2O4/c10-4-6-5(2-1-3-11-6)7(12)8(13)9(14)15/h1-3,7-8,12-13H,(H,14,15). The highest BCUT2D eigenvalue weighted by Crippen LogP contribution is 2.19. The van der Waals surface area contributed by atoms with Crippen LogP contribution in [0.1, 0.15) is 17.4 Å². The van der Waals surface area contributed by atoms with Crippen LogP contribution in [0, 0.1) is 11.3 Å². The molecule has 0 aliphatic rings. The van der Waals surface area contributed by atoms with Crippen molar-refractivity contribution in [1.82, 2.24) is 4.98 Å². The molecule has 78 valence electrons. The van der Waals surface area contributed by atoms with Gasteiger partial charge < -0.3 is 15.3 Å². The fraction of sp³-hybridized carbons (Fsp3) is 0.222. The second-order valence-corrected chi connectivity index (χ2v) is 2.78. The van der Waals surface area contributed by atoms with Crippen molar-refractivity contribution < 1.29 is 20.1 Å². The Balaban J connectivity index is 3.06. The molecule has 2 atom stereocenters. The monoisotopic (exact) mass is 208 g/mol. The van der Waals surface area contributed by atoms with Crippen molar-refractivity contribution in [2.24, 2.45) is 0 Å². The highest BCUT2D eigenvalue weighted by Gasteiger charge is 2.27. The van der Waals surface area contributed by atoms with Gasteiger partial charge >= 0.3 is 5.97 Å². The van der Waals surface area contributed by atoms with Gasteiger partial charge in [0.2, 0.25) is 0 Å². The molecule has 0 saturated heterocycles. The number of aliphatic carboxylic acids is 1. The molecule has 15 heavy (non-hydrogen) atoms. The Labute approximate surface area is 85.0 Å². The van der Waals surface area contributed by atoms with E-state index in [2.05, 4.69) is 4.98 Å². The number of hydrogen-bond donors (Lipinski definition) is 3. The summed E-state index contributed by atoms with van der Waals surface area (Å²) in [7, 11) is 0. The van der Waals surface area contributed by atoms with Crippen molar-refractivity contribution in [1.29, 1.82) is 5.26 Å². The zero-order valence-electron chi connectivity index (χ0n) is 7.53. The van der Waals surface area contributed by atoms with Crippen molar-refractivity contribution in [2.45, 2.75) is 12.2 Å². The van der Waals surface area contributed by atoms with Gasteiger partial charge in [-0.3, -0.25) is 0 Å². The Bertz CT molecular complexity index is 413. The summed E-state index contributed by atoms with van der Waals surface area (Å²) in [5.74, 6) is -1.56. The molecule has 6 nitrogen and oxygen atoms in total. The summed E-state index contributed by atoms with van der Waals surface area (Å²) >= 11 is 0. The molecule has 0 aromatic carbocycles. The van der Waals surface area contributed by atoms with Gasteiger partial charge in [0.1, 0.15) is 17.9 Å². The molecule has 1 aromatic heterocycles. The lowest BCUT2D eigenvalue weighted by molar-refractivity contribution is -0.153. The van der Waals surface area contributed by atoms with Crippen molar-refractivity contribution in [2.75, 3.05) is 0 Å². The van der Waals surface area contributed by atoms with E-state index in [1.807, 2.05) is 0 Å². The molecule has 0 spiro atoms. The maximum absolute atomic E-state index is 10.4. The van der Waals surface area contributed by atoms with Crippen molar-refractivity contribution in [3.63, 3.8) is 0 Å². The number of aliphatic hydroxyl groups is 2. The first kappa shape index (κ1) is 11.1. The van der Waals surface area contributed by atoms with Gasteiger partial charge in [0.25, 0.3) is 0 Å². The SMILES string of the molecule is N#Cc1ncccc1C(O)C(O)C(=O)O. The van der Waals surface area contributed by atoms with Crippen LogP contribution in [0.3, 0.4) is 0 Å². The summed E-state index contributed by atoms with van der Waals surface area (Å²) in [5, 5.41) is 35.6. The number of nitrogens with zero attached hydrogens (tertiary/aromatic N) is 2. The number of aromatic nitrogens is 1. The number of carboxylic acids is 1. The van der Waals surface area contributed by atoms with E-state index in [4.69, 9.17) is 15.5 Å². The molecule has 1 heterocycles. The third-order valence-electron chi connectivity index (χ3n) is 1.82. The van der Waals surface area contributed by atoms with Crippen LogP contribution in [0.2, 0.25) is 0 Å². The van der Waals surface area contributed by atoms with Crippen LogP contribution in [0.4, 0.5) is 0 Å². The van der Waals surface area contributed by atoms with E-state index in [1.54, 1.807) is 6.07 Å². The largest absolute Gasteiger partial charge is 0.479 e. The lowest BCUT2D eigenvalue weighted by atomic mass is 10.0. The number of rotatable bonds is 3. The summed E-state index contributed by atoms with van der Waals surface area (Å²) in [6.45, 7) is 0. The maximum atomic E-state index is 10.4. The van der Waals surface area contributed by atoms with Gasteiger partial charge in [-0.25, -0.2) is 9.78 Å². The Morgan fingerprint density at radius 2 is 2.20 bits per heavy atom. The maximum Gasteiger partial charge on any atom is 0.335 e. The number of pyridine rings is 1. The Hall–Kier alpha value is -1.97. The van der Waals surface area contributed by atoms with Crippen LogP contribution in [-0.4, -0.2) is 32.4 Å². The molecular formula is C9H8N2O4. The number of hydrogen-bond acceptors (Lipinski definition) is 5. The second kappa shape index (κ2) is 4.50. The third kappa shape index (κ3) is 2.28. The fourth-order valence-corrected chi connectivity index (χ4v) is 1.05. The van der Waals surface area contributed by atoms with E-state index in [1.165, 1.54) is 18.3 Å². The highest BCUT2D eigenvalue weighted by atomic mass is 16.4. The minimum absolute atomic E-state index is 0.00472. The number of carbonyl (C=O) groups is 1. The Morgan fingerprint density at radius 1 is 1.53 bits per heavy atom. The lowest BCUT2D eigenvalue weighted by Gasteiger charge is -2.14. The average Bonchev–Trinajstić information content (AvgIpc) is 2.26. The van der Waals surface area contributed by atoms with Crippen molar-refractivity contribution in [3.05, 3.63) is 29.6 Å². The van der Waals surface area contributed by atoms with E-state index >= 15 is 0 Å². The van der Waals surface area contributed by atoms with Crippen LogP contribution in [0.15, 0.2) is 18.3 Å². The topological polar surface area (TPSA) is 114 Å². The summed E-state index contributed by atoms with van der Waals surface area (Å²) < 4.78 is 0. The van der Waals surface area contributed by atoms with E-state index < -0.39 is 18.2 Å². The van der Waals surface area contributed by atoms with Crippen LogP contribution in [-0.2, 0) is 4.79 Å². The highest BCUT2D eigenvalue weighted by molar-refractivity contribution is 5.73. The van der Waals surface area contributed by atoms with Gasteiger partial charge in [0, 0.05) is 11.8 Å². The van der Waals surface area contributed by atoms with E-state index in [9.17, 15) is 9.90 Å². The first-order chi connectivity index (χ1) is 7.07. The lowest BCUT2D eigenvalue weighted by Crippen LogP contribution is -2.28. The minimum atomic E-state index is -1.97. The van der Waals surface area contributed by atoms with Crippen molar-refractivity contribution in [3.8, 4) is 6.07 Å². The predicted molar refractivity (Wildman–Crippen MR) is 47.6 cm³/mol. The molecule has 3 N–H and O–H groups in total. The van der Waals surface area contributed by atoms with Gasteiger partial charge in [-0.05, 0) is 6.07 Å². The molecule has 0 radical (unpaired) electrons. The summed E-state index contributed by atoms with van der Waals surface area (Å²) in [6.07, 6.45) is -2.30. The summed E-state index contributed by atoms with van der Waals surface area (Å²) in [5.41, 5.74) is -0.111. The molecule has 0 saturated carbocycles. The van der Waals surface area contributed by atoms with Gasteiger partial charge in [-0.2, -0.15) is 5.26 Å². The zero-order valence-corrected chi connectivity index (χ0v) is 7.53. The summed E-state index contributed by atoms with van der Waals surface area (Å²) in [4.78, 5) is 14.0. The quantitative estimate of drug-likeness (QED) is 0.612. The van der Waals surface area contributed by atoms with Crippen LogP contribution in [0.25, 0.3) is 0 Å². The molecule has 1 rings (SSSR count). The van der Waals surface area contributed by atoms with Crippen LogP contribution in [0.5, 0.6) is 0 Å². The first-order valence-electron chi connectivity index (χ1n) is 4.02. The van der Waals surface area contributed by atoms with E-state index in [-0.39, 0.29) is 11.3 Å². The van der Waals surface area contributed by atoms with Crippen molar-refractivity contribution >= 4 is 5.97 Å². The molecule has 2 unspecified atom stereocenters. The molecule has 0 fully saturated rings. The number of carboxylic acid groups (broad SMARTS) is 1. The number of nitriles is 1. The first-order valence-corrected chi connectivity index (χ1v) is 4.02. The molecule has 0 aliphatic carbocycles. The van der Waals surface area contributed by atoms with Crippen LogP contribution >= 0.6 is 0 Å². The zero-order chi connectivity index (χ0) is 11.4. The Kier molecular flexibility index (Phi) is 3.33. The molecule has 0 aliphatic heterocycles. The third-order valence-corrected chi connectivity index (χ3v) is 1.82. The van der Waals surface area contributed by atoms with Gasteiger partial charge in [0.05, 0.1) is 0 Å². The van der Waals surface area contributed by atoms with E-state index in [0.29, 0.717) is 0 Å². The smallest absolute Gasteiger partial charge is 0.335 e. The minimum Gasteiger partial charge on any atom is -0.479 e. The average molecular weight is 208 g/mol. The molecule has 0 bridgehead atoms. The molecular weight excluding hydrogens is 200 g/mol. The molecule has 6 heteroatoms. The Morgan fingerprint density at radius 3 is 2.73 bits per heavy atom. The van der Waals surface area contributed by atoms with Gasteiger partial charge in [-0.15, -0.1) is 0 Å². The van der Waals surface area contributed by atoms with Gasteiger partial charge in [0.15, 0.2) is 6.10 Å². The normalized spacial score (nSPS) is 13.9. The number of aliphatic hydroxyl groups excluding tert-OH is 2. The van der Waals surface area contributed by atoms with E-state index in [0.717, 1.165) is 0 Å². The fourth-order valence-electron chi connectivity index (χ4n) is 1.05.